The molecular formula is C25H24N4O5. The summed E-state index contributed by atoms with van der Waals surface area (Å²) in [6, 6.07) is 16.2. The van der Waals surface area contributed by atoms with Gasteiger partial charge in [0.1, 0.15) is 13.2 Å². The first-order valence-electron chi connectivity index (χ1n) is 11.1. The second-order valence-electron chi connectivity index (χ2n) is 8.74. The predicted molar refractivity (Wildman–Crippen MR) is 123 cm³/mol. The molecule has 2 aliphatic rings. The van der Waals surface area contributed by atoms with Gasteiger partial charge in [0.25, 0.3) is 0 Å². The summed E-state index contributed by atoms with van der Waals surface area (Å²) in [5, 5.41) is 18.5. The summed E-state index contributed by atoms with van der Waals surface area (Å²) in [7, 11) is 0. The molecule has 1 fully saturated rings. The number of ether oxygens (including phenoxy) is 1. The molecule has 1 saturated carbocycles. The SMILES string of the molecule is O=C(Cn1cc(NC(=O)OCC2c3ccccc3-c3ccccc32)cn1)NCC1(C(=O)O)CC1. The normalized spacial score (nSPS) is 15.2. The number of hydrogen-bond acceptors (Lipinski definition) is 5. The second kappa shape index (κ2) is 8.66. The van der Waals surface area contributed by atoms with Gasteiger partial charge in [0.2, 0.25) is 5.91 Å². The van der Waals surface area contributed by atoms with Crippen LogP contribution in [0.5, 0.6) is 0 Å². The lowest BCUT2D eigenvalue weighted by Gasteiger charge is -2.14. The van der Waals surface area contributed by atoms with E-state index in [1.165, 1.54) is 17.1 Å². The number of aromatic nitrogens is 2. The minimum atomic E-state index is -0.888. The van der Waals surface area contributed by atoms with E-state index in [9.17, 15) is 19.5 Å². The summed E-state index contributed by atoms with van der Waals surface area (Å²) in [6.45, 7) is 0.219. The predicted octanol–water partition coefficient (Wildman–Crippen LogP) is 3.23. The third-order valence-electron chi connectivity index (χ3n) is 6.46. The third-order valence-corrected chi connectivity index (χ3v) is 6.46. The Kier molecular flexibility index (Phi) is 5.53. The van der Waals surface area contributed by atoms with Crippen LogP contribution in [0.4, 0.5) is 10.5 Å². The van der Waals surface area contributed by atoms with Crippen LogP contribution < -0.4 is 10.6 Å². The summed E-state index contributed by atoms with van der Waals surface area (Å²) in [6.07, 6.45) is 3.47. The smallest absolute Gasteiger partial charge is 0.411 e. The number of amides is 2. The van der Waals surface area contributed by atoms with Crippen molar-refractivity contribution < 1.29 is 24.2 Å². The molecule has 1 heterocycles. The molecule has 174 valence electrons. The Balaban J connectivity index is 1.14. The number of anilines is 1. The van der Waals surface area contributed by atoms with Crippen molar-refractivity contribution in [1.29, 1.82) is 0 Å². The fraction of sp³-hybridized carbons (Fsp3) is 0.280. The van der Waals surface area contributed by atoms with Crippen molar-refractivity contribution in [1.82, 2.24) is 15.1 Å². The minimum absolute atomic E-state index is 0.0369. The van der Waals surface area contributed by atoms with E-state index in [2.05, 4.69) is 40.0 Å². The lowest BCUT2D eigenvalue weighted by molar-refractivity contribution is -0.143. The lowest BCUT2D eigenvalue weighted by Crippen LogP contribution is -2.36. The van der Waals surface area contributed by atoms with Crippen molar-refractivity contribution >= 4 is 23.7 Å². The van der Waals surface area contributed by atoms with E-state index in [0.29, 0.717) is 18.5 Å². The molecule has 9 heteroatoms. The molecule has 2 aromatic carbocycles. The molecule has 2 amide bonds. The van der Waals surface area contributed by atoms with Crippen LogP contribution in [0.3, 0.4) is 0 Å². The van der Waals surface area contributed by atoms with Gasteiger partial charge in [-0.3, -0.25) is 19.6 Å². The van der Waals surface area contributed by atoms with E-state index < -0.39 is 17.5 Å². The number of hydrogen-bond donors (Lipinski definition) is 3. The highest BCUT2D eigenvalue weighted by Gasteiger charge is 2.50. The van der Waals surface area contributed by atoms with E-state index in [0.717, 1.165) is 22.3 Å². The number of nitrogens with one attached hydrogen (secondary N) is 2. The quantitative estimate of drug-likeness (QED) is 0.474. The molecule has 2 aliphatic carbocycles. The zero-order valence-corrected chi connectivity index (χ0v) is 18.4. The van der Waals surface area contributed by atoms with Gasteiger partial charge in [-0.25, -0.2) is 4.79 Å². The average molecular weight is 460 g/mol. The molecular weight excluding hydrogens is 436 g/mol. The molecule has 3 aromatic rings. The summed E-state index contributed by atoms with van der Waals surface area (Å²) in [5.74, 6) is -1.27. The number of carbonyl (C=O) groups is 3. The number of nitrogens with zero attached hydrogens (tertiary/aromatic N) is 2. The maximum atomic E-state index is 12.4. The van der Waals surface area contributed by atoms with Crippen LogP contribution in [-0.4, -0.2) is 46.0 Å². The maximum absolute atomic E-state index is 12.4. The number of aliphatic carboxylic acids is 1. The second-order valence-corrected chi connectivity index (χ2v) is 8.74. The highest BCUT2D eigenvalue weighted by Crippen LogP contribution is 2.45. The molecule has 0 spiro atoms. The Morgan fingerprint density at radius 2 is 1.71 bits per heavy atom. The zero-order valence-electron chi connectivity index (χ0n) is 18.4. The van der Waals surface area contributed by atoms with Crippen LogP contribution in [0.15, 0.2) is 60.9 Å². The number of carbonyl (C=O) groups excluding carboxylic acids is 2. The van der Waals surface area contributed by atoms with E-state index in [1.54, 1.807) is 0 Å². The number of carboxylic acid groups (broad SMARTS) is 1. The Labute approximate surface area is 195 Å². The standard InChI is InChI=1S/C25H24N4O5/c30-22(26-15-25(9-10-25)23(31)32)13-29-12-16(11-27-29)28-24(33)34-14-21-19-7-3-1-5-17(19)18-6-2-4-8-20(18)21/h1-8,11-12,21H,9-10,13-15H2,(H,26,30)(H,28,33)(H,31,32). The number of fused-ring (bicyclic) bond motifs is 3. The zero-order chi connectivity index (χ0) is 23.7. The average Bonchev–Trinajstić information content (AvgIpc) is 3.41. The van der Waals surface area contributed by atoms with Crippen LogP contribution in [0.25, 0.3) is 11.1 Å². The number of benzene rings is 2. The lowest BCUT2D eigenvalue weighted by atomic mass is 9.98. The molecule has 3 N–H and O–H groups in total. The van der Waals surface area contributed by atoms with Crippen LogP contribution in [0.1, 0.15) is 29.9 Å². The van der Waals surface area contributed by atoms with Crippen molar-refractivity contribution in [3.05, 3.63) is 72.1 Å². The van der Waals surface area contributed by atoms with E-state index in [1.807, 2.05) is 24.3 Å². The van der Waals surface area contributed by atoms with Gasteiger partial charge in [-0.2, -0.15) is 5.10 Å². The van der Waals surface area contributed by atoms with Gasteiger partial charge < -0.3 is 15.2 Å². The molecule has 1 aromatic heterocycles. The van der Waals surface area contributed by atoms with E-state index >= 15 is 0 Å². The molecule has 9 nitrogen and oxygen atoms in total. The Morgan fingerprint density at radius 3 is 2.32 bits per heavy atom. The van der Waals surface area contributed by atoms with Crippen molar-refractivity contribution in [2.75, 3.05) is 18.5 Å². The Morgan fingerprint density at radius 1 is 1.06 bits per heavy atom. The molecule has 0 aliphatic heterocycles. The Hall–Kier alpha value is -4.14. The summed E-state index contributed by atoms with van der Waals surface area (Å²) in [4.78, 5) is 35.7. The monoisotopic (exact) mass is 460 g/mol. The fourth-order valence-electron chi connectivity index (χ4n) is 4.35. The molecule has 34 heavy (non-hydrogen) atoms. The molecule has 0 saturated heterocycles. The molecule has 5 rings (SSSR count). The Bertz CT molecular complexity index is 1220. The summed E-state index contributed by atoms with van der Waals surface area (Å²) < 4.78 is 6.89. The van der Waals surface area contributed by atoms with E-state index in [4.69, 9.17) is 4.74 Å². The van der Waals surface area contributed by atoms with Crippen molar-refractivity contribution in [3.8, 4) is 11.1 Å². The minimum Gasteiger partial charge on any atom is -0.481 e. The summed E-state index contributed by atoms with van der Waals surface area (Å²) in [5.41, 5.74) is 4.15. The molecule has 0 radical (unpaired) electrons. The third kappa shape index (κ3) is 4.24. The molecule has 0 bridgehead atoms. The molecule has 0 unspecified atom stereocenters. The first kappa shape index (κ1) is 21.7. The topological polar surface area (TPSA) is 123 Å². The van der Waals surface area contributed by atoms with Crippen molar-refractivity contribution in [3.63, 3.8) is 0 Å². The largest absolute Gasteiger partial charge is 0.481 e. The van der Waals surface area contributed by atoms with Crippen LogP contribution in [0.2, 0.25) is 0 Å². The van der Waals surface area contributed by atoms with Gasteiger partial charge in [0.05, 0.1) is 17.3 Å². The van der Waals surface area contributed by atoms with Gasteiger partial charge in [0, 0.05) is 18.7 Å². The van der Waals surface area contributed by atoms with Crippen LogP contribution in [-0.2, 0) is 20.9 Å². The molecule has 0 atom stereocenters. The fourth-order valence-corrected chi connectivity index (χ4v) is 4.35. The highest BCUT2D eigenvalue weighted by atomic mass is 16.5. The van der Waals surface area contributed by atoms with E-state index in [-0.39, 0.29) is 31.5 Å². The van der Waals surface area contributed by atoms with Gasteiger partial charge in [-0.05, 0) is 35.1 Å². The maximum Gasteiger partial charge on any atom is 0.411 e. The van der Waals surface area contributed by atoms with Gasteiger partial charge in [-0.1, -0.05) is 48.5 Å². The summed E-state index contributed by atoms with van der Waals surface area (Å²) >= 11 is 0. The van der Waals surface area contributed by atoms with Crippen LogP contribution in [0, 0.1) is 5.41 Å². The first-order chi connectivity index (χ1) is 16.4. The van der Waals surface area contributed by atoms with Gasteiger partial charge in [-0.15, -0.1) is 0 Å². The number of rotatable bonds is 8. The van der Waals surface area contributed by atoms with Gasteiger partial charge >= 0.3 is 12.1 Å². The van der Waals surface area contributed by atoms with Crippen molar-refractivity contribution in [2.45, 2.75) is 25.3 Å². The van der Waals surface area contributed by atoms with Gasteiger partial charge in [0.15, 0.2) is 0 Å². The number of carboxylic acids is 1. The van der Waals surface area contributed by atoms with Crippen molar-refractivity contribution in [2.24, 2.45) is 5.41 Å². The highest BCUT2D eigenvalue weighted by molar-refractivity contribution is 5.85. The first-order valence-corrected chi connectivity index (χ1v) is 11.1. The van der Waals surface area contributed by atoms with Crippen LogP contribution >= 0.6 is 0 Å².